The van der Waals surface area contributed by atoms with Crippen LogP contribution in [0.5, 0.6) is 0 Å². The Morgan fingerprint density at radius 3 is 2.85 bits per heavy atom. The normalized spacial score (nSPS) is 17.2. The highest BCUT2D eigenvalue weighted by Crippen LogP contribution is 2.30. The van der Waals surface area contributed by atoms with Crippen molar-refractivity contribution in [1.29, 1.82) is 0 Å². The van der Waals surface area contributed by atoms with E-state index in [1.165, 1.54) is 17.6 Å². The van der Waals surface area contributed by atoms with Gasteiger partial charge >= 0.3 is 0 Å². The van der Waals surface area contributed by atoms with E-state index in [9.17, 15) is 13.5 Å². The van der Waals surface area contributed by atoms with Crippen LogP contribution in [0, 0.1) is 0 Å². The largest absolute Gasteiger partial charge is 0.466 e. The molecule has 0 bridgehead atoms. The number of thiophene rings is 1. The standard InChI is InChI=1S/C13H15NO4S2/c15-13(11-2-1-7-18-11)12-6-3-9(19-12)8-14-20(16,17)10-4-5-10/h1-3,6-7,10,13-15H,4-5,8H2. The number of nitrogens with one attached hydrogen (secondary N) is 1. The van der Waals surface area contributed by atoms with E-state index in [2.05, 4.69) is 4.72 Å². The summed E-state index contributed by atoms with van der Waals surface area (Å²) in [6.07, 6.45) is 2.21. The average Bonchev–Trinajstić information content (AvgIpc) is 2.98. The Morgan fingerprint density at radius 1 is 1.40 bits per heavy atom. The van der Waals surface area contributed by atoms with Gasteiger partial charge < -0.3 is 9.52 Å². The molecule has 2 heterocycles. The van der Waals surface area contributed by atoms with Crippen molar-refractivity contribution in [2.24, 2.45) is 0 Å². The van der Waals surface area contributed by atoms with E-state index in [0.29, 0.717) is 5.76 Å². The van der Waals surface area contributed by atoms with E-state index in [1.807, 2.05) is 6.07 Å². The summed E-state index contributed by atoms with van der Waals surface area (Å²) in [4.78, 5) is 1.61. The first-order chi connectivity index (χ1) is 9.56. The lowest BCUT2D eigenvalue weighted by Gasteiger charge is -2.05. The number of hydrogen-bond acceptors (Lipinski definition) is 5. The fourth-order valence-corrected chi connectivity index (χ4v) is 4.28. The molecule has 0 amide bonds. The molecule has 7 heteroatoms. The van der Waals surface area contributed by atoms with Crippen molar-refractivity contribution >= 4 is 21.4 Å². The molecular formula is C13H15NO4S2. The minimum atomic E-state index is -3.16. The summed E-state index contributed by atoms with van der Waals surface area (Å²) >= 11 is 1.38. The lowest BCUT2D eigenvalue weighted by molar-refractivity contribution is 0.193. The maximum Gasteiger partial charge on any atom is 0.214 e. The van der Waals surface area contributed by atoms with Crippen molar-refractivity contribution in [2.45, 2.75) is 30.7 Å². The van der Waals surface area contributed by atoms with Gasteiger partial charge in [-0.2, -0.15) is 0 Å². The van der Waals surface area contributed by atoms with Crippen LogP contribution in [0.1, 0.15) is 34.5 Å². The summed E-state index contributed by atoms with van der Waals surface area (Å²) in [6.45, 7) is 0.272. The van der Waals surface area contributed by atoms with Crippen LogP contribution in [0.2, 0.25) is 0 Å². The van der Waals surface area contributed by atoms with Crippen molar-refractivity contribution in [1.82, 2.24) is 4.72 Å². The molecule has 0 aromatic carbocycles. The SMILES string of the molecule is O=S(=O)(NCc1ccc(C(O)c2ccco2)s1)C1CC1. The van der Waals surface area contributed by atoms with Crippen molar-refractivity contribution in [3.05, 3.63) is 46.0 Å². The van der Waals surface area contributed by atoms with Gasteiger partial charge in [0.2, 0.25) is 10.0 Å². The second-order valence-electron chi connectivity index (χ2n) is 4.79. The number of hydrogen-bond donors (Lipinski definition) is 2. The highest BCUT2D eigenvalue weighted by molar-refractivity contribution is 7.90. The summed E-state index contributed by atoms with van der Waals surface area (Å²) < 4.78 is 31.2. The molecule has 108 valence electrons. The summed E-state index contributed by atoms with van der Waals surface area (Å²) in [5, 5.41) is 9.89. The zero-order chi connectivity index (χ0) is 14.2. The number of sulfonamides is 1. The van der Waals surface area contributed by atoms with Crippen molar-refractivity contribution in [3.63, 3.8) is 0 Å². The molecule has 1 fully saturated rings. The predicted octanol–water partition coefficient (Wildman–Crippen LogP) is 2.00. The number of furan rings is 1. The van der Waals surface area contributed by atoms with Crippen molar-refractivity contribution < 1.29 is 17.9 Å². The topological polar surface area (TPSA) is 79.5 Å². The quantitative estimate of drug-likeness (QED) is 0.855. The van der Waals surface area contributed by atoms with Crippen LogP contribution >= 0.6 is 11.3 Å². The number of aliphatic hydroxyl groups is 1. The fraction of sp³-hybridized carbons (Fsp3) is 0.385. The highest BCUT2D eigenvalue weighted by atomic mass is 32.2. The van der Waals surface area contributed by atoms with Gasteiger partial charge in [-0.3, -0.25) is 0 Å². The third-order valence-corrected chi connectivity index (χ3v) is 6.21. The molecule has 3 rings (SSSR count). The molecule has 0 saturated heterocycles. The first kappa shape index (κ1) is 13.8. The first-order valence-electron chi connectivity index (χ1n) is 6.35. The minimum Gasteiger partial charge on any atom is -0.466 e. The molecule has 2 N–H and O–H groups in total. The molecule has 1 saturated carbocycles. The second kappa shape index (κ2) is 5.33. The monoisotopic (exact) mass is 313 g/mol. The van der Waals surface area contributed by atoms with Crippen LogP contribution in [-0.2, 0) is 16.6 Å². The number of aliphatic hydroxyl groups excluding tert-OH is 1. The van der Waals surface area contributed by atoms with E-state index in [0.717, 1.165) is 22.6 Å². The zero-order valence-electron chi connectivity index (χ0n) is 10.7. The third kappa shape index (κ3) is 2.95. The lowest BCUT2D eigenvalue weighted by atomic mass is 10.2. The van der Waals surface area contributed by atoms with Crippen LogP contribution in [0.25, 0.3) is 0 Å². The van der Waals surface area contributed by atoms with E-state index in [4.69, 9.17) is 4.42 Å². The second-order valence-corrected chi connectivity index (χ2v) is 8.03. The van der Waals surface area contributed by atoms with Gasteiger partial charge in [0.1, 0.15) is 11.9 Å². The van der Waals surface area contributed by atoms with Gasteiger partial charge in [0.15, 0.2) is 0 Å². The van der Waals surface area contributed by atoms with Gasteiger partial charge in [0, 0.05) is 16.3 Å². The maximum absolute atomic E-state index is 11.7. The van der Waals surface area contributed by atoms with Gasteiger partial charge in [-0.1, -0.05) is 0 Å². The molecule has 1 atom stereocenters. The van der Waals surface area contributed by atoms with Gasteiger partial charge in [-0.15, -0.1) is 11.3 Å². The van der Waals surface area contributed by atoms with Gasteiger partial charge in [-0.25, -0.2) is 13.1 Å². The molecule has 5 nitrogen and oxygen atoms in total. The van der Waals surface area contributed by atoms with Crippen LogP contribution in [0.15, 0.2) is 34.9 Å². The van der Waals surface area contributed by atoms with Crippen LogP contribution in [0.4, 0.5) is 0 Å². The third-order valence-electron chi connectivity index (χ3n) is 3.18. The maximum atomic E-state index is 11.7. The predicted molar refractivity (Wildman–Crippen MR) is 75.9 cm³/mol. The van der Waals surface area contributed by atoms with Crippen LogP contribution < -0.4 is 4.72 Å². The Labute approximate surface area is 121 Å². The Morgan fingerprint density at radius 2 is 2.20 bits per heavy atom. The molecule has 0 aliphatic heterocycles. The average molecular weight is 313 g/mol. The summed E-state index contributed by atoms with van der Waals surface area (Å²) in [5.41, 5.74) is 0. The van der Waals surface area contributed by atoms with Crippen LogP contribution in [-0.4, -0.2) is 18.8 Å². The van der Waals surface area contributed by atoms with Gasteiger partial charge in [0.05, 0.1) is 11.5 Å². The van der Waals surface area contributed by atoms with E-state index in [1.54, 1.807) is 18.2 Å². The van der Waals surface area contributed by atoms with Crippen LogP contribution in [0.3, 0.4) is 0 Å². The molecule has 0 spiro atoms. The van der Waals surface area contributed by atoms with Gasteiger partial charge in [0.25, 0.3) is 0 Å². The Kier molecular flexibility index (Phi) is 3.68. The fourth-order valence-electron chi connectivity index (χ4n) is 1.89. The number of rotatable bonds is 6. The molecule has 20 heavy (non-hydrogen) atoms. The highest BCUT2D eigenvalue weighted by Gasteiger charge is 2.35. The Balaban J connectivity index is 1.65. The van der Waals surface area contributed by atoms with E-state index in [-0.39, 0.29) is 11.8 Å². The summed E-state index contributed by atoms with van der Waals surface area (Å²) in [6, 6.07) is 7.04. The zero-order valence-corrected chi connectivity index (χ0v) is 12.3. The molecular weight excluding hydrogens is 298 g/mol. The first-order valence-corrected chi connectivity index (χ1v) is 8.71. The Bertz CT molecular complexity index is 671. The smallest absolute Gasteiger partial charge is 0.214 e. The molecule has 1 aliphatic rings. The van der Waals surface area contributed by atoms with Crippen molar-refractivity contribution in [2.75, 3.05) is 0 Å². The lowest BCUT2D eigenvalue weighted by Crippen LogP contribution is -2.26. The minimum absolute atomic E-state index is 0.212. The van der Waals surface area contributed by atoms with Crippen molar-refractivity contribution in [3.8, 4) is 0 Å². The molecule has 2 aromatic heterocycles. The molecule has 1 aliphatic carbocycles. The van der Waals surface area contributed by atoms with E-state index < -0.39 is 16.1 Å². The van der Waals surface area contributed by atoms with Gasteiger partial charge in [-0.05, 0) is 37.1 Å². The summed E-state index contributed by atoms with van der Waals surface area (Å²) in [5.74, 6) is 0.483. The molecule has 0 radical (unpaired) electrons. The molecule has 1 unspecified atom stereocenters. The molecule has 2 aromatic rings. The summed E-state index contributed by atoms with van der Waals surface area (Å²) in [7, 11) is -3.16. The Hall–Kier alpha value is -1.15. The van der Waals surface area contributed by atoms with E-state index >= 15 is 0 Å².